The molecule has 2 aliphatic rings. The molecular formula is C14H18O5. The van der Waals surface area contributed by atoms with Gasteiger partial charge in [0.05, 0.1) is 13.2 Å². The molecule has 3 atom stereocenters. The van der Waals surface area contributed by atoms with Crippen molar-refractivity contribution >= 4 is 11.9 Å². The average molecular weight is 266 g/mol. The maximum atomic E-state index is 11.3. The molecule has 1 saturated carbocycles. The Morgan fingerprint density at radius 1 is 1.42 bits per heavy atom. The van der Waals surface area contributed by atoms with Gasteiger partial charge in [0, 0.05) is 12.8 Å². The van der Waals surface area contributed by atoms with Gasteiger partial charge in [0.2, 0.25) is 5.60 Å². The summed E-state index contributed by atoms with van der Waals surface area (Å²) in [4.78, 5) is 22.5. The van der Waals surface area contributed by atoms with Gasteiger partial charge in [-0.25, -0.2) is 4.79 Å². The standard InChI is InChI=1S/C14H18O5/c1-10(15)18-13(2,9-7-12(16)17-3)14-8-5-4-6-11(14)19-14/h11H,4-6,8H2,1-3H3/t11-,13-,14+/m1/s1. The van der Waals surface area contributed by atoms with Crippen LogP contribution >= 0.6 is 0 Å². The Kier molecular flexibility index (Phi) is 3.55. The minimum absolute atomic E-state index is 0.0672. The third-order valence-electron chi connectivity index (χ3n) is 3.82. The number of methoxy groups -OCH3 is 1. The van der Waals surface area contributed by atoms with Crippen LogP contribution in [-0.2, 0) is 23.8 Å². The van der Waals surface area contributed by atoms with Crippen LogP contribution in [0.2, 0.25) is 0 Å². The molecular weight excluding hydrogens is 248 g/mol. The lowest BCUT2D eigenvalue weighted by Gasteiger charge is -2.32. The highest BCUT2D eigenvalue weighted by molar-refractivity contribution is 5.88. The van der Waals surface area contributed by atoms with E-state index >= 15 is 0 Å². The van der Waals surface area contributed by atoms with Crippen molar-refractivity contribution in [3.63, 3.8) is 0 Å². The summed E-state index contributed by atoms with van der Waals surface area (Å²) in [5, 5.41) is 0. The fraction of sp³-hybridized carbons (Fsp3) is 0.714. The van der Waals surface area contributed by atoms with Crippen LogP contribution in [0.4, 0.5) is 0 Å². The smallest absolute Gasteiger partial charge is 0.384 e. The molecule has 1 aliphatic heterocycles. The predicted molar refractivity (Wildman–Crippen MR) is 66.0 cm³/mol. The Balaban J connectivity index is 2.26. The van der Waals surface area contributed by atoms with Gasteiger partial charge < -0.3 is 14.2 Å². The Labute approximate surface area is 112 Å². The second-order valence-electron chi connectivity index (χ2n) is 5.11. The number of rotatable bonds is 2. The number of carbonyl (C=O) groups is 2. The van der Waals surface area contributed by atoms with Crippen molar-refractivity contribution in [2.45, 2.75) is 56.8 Å². The molecule has 1 heterocycles. The number of hydrogen-bond acceptors (Lipinski definition) is 5. The predicted octanol–water partition coefficient (Wildman–Crippen LogP) is 1.20. The first kappa shape index (κ1) is 13.9. The number of carbonyl (C=O) groups excluding carboxylic acids is 2. The summed E-state index contributed by atoms with van der Waals surface area (Å²) in [5.74, 6) is 4.01. The zero-order chi connectivity index (χ0) is 14.1. The zero-order valence-corrected chi connectivity index (χ0v) is 11.4. The largest absolute Gasteiger partial charge is 0.459 e. The summed E-state index contributed by atoms with van der Waals surface area (Å²) >= 11 is 0. The van der Waals surface area contributed by atoms with Crippen LogP contribution in [0.15, 0.2) is 0 Å². The number of fused-ring (bicyclic) bond motifs is 1. The lowest BCUT2D eigenvalue weighted by molar-refractivity contribution is -0.156. The normalized spacial score (nSPS) is 31.0. The van der Waals surface area contributed by atoms with E-state index in [0.29, 0.717) is 0 Å². The molecule has 0 bridgehead atoms. The van der Waals surface area contributed by atoms with Crippen molar-refractivity contribution in [3.8, 4) is 11.8 Å². The van der Waals surface area contributed by atoms with Gasteiger partial charge in [-0.2, -0.15) is 0 Å². The number of esters is 2. The van der Waals surface area contributed by atoms with Crippen LogP contribution in [0, 0.1) is 11.8 Å². The molecule has 5 nitrogen and oxygen atoms in total. The molecule has 0 aromatic carbocycles. The summed E-state index contributed by atoms with van der Waals surface area (Å²) in [7, 11) is 1.26. The maximum absolute atomic E-state index is 11.3. The molecule has 0 amide bonds. The quantitative estimate of drug-likeness (QED) is 0.325. The van der Waals surface area contributed by atoms with Crippen LogP contribution in [0.25, 0.3) is 0 Å². The Bertz CT molecular complexity index is 460. The summed E-state index contributed by atoms with van der Waals surface area (Å²) < 4.78 is 15.6. The molecule has 104 valence electrons. The molecule has 0 aromatic heterocycles. The van der Waals surface area contributed by atoms with Gasteiger partial charge >= 0.3 is 11.9 Å². The minimum Gasteiger partial charge on any atom is -0.459 e. The van der Waals surface area contributed by atoms with Gasteiger partial charge in [0.25, 0.3) is 0 Å². The fourth-order valence-corrected chi connectivity index (χ4v) is 2.83. The summed E-state index contributed by atoms with van der Waals surface area (Å²) in [6.45, 7) is 3.03. The van der Waals surface area contributed by atoms with Crippen molar-refractivity contribution in [2.75, 3.05) is 7.11 Å². The molecule has 0 N–H and O–H groups in total. The van der Waals surface area contributed by atoms with E-state index in [2.05, 4.69) is 16.6 Å². The third kappa shape index (κ3) is 2.45. The van der Waals surface area contributed by atoms with Crippen LogP contribution < -0.4 is 0 Å². The Morgan fingerprint density at radius 3 is 2.74 bits per heavy atom. The van der Waals surface area contributed by atoms with Gasteiger partial charge in [0.15, 0.2) is 0 Å². The monoisotopic (exact) mass is 266 g/mol. The van der Waals surface area contributed by atoms with Crippen LogP contribution in [0.5, 0.6) is 0 Å². The van der Waals surface area contributed by atoms with Crippen molar-refractivity contribution in [1.82, 2.24) is 0 Å². The second kappa shape index (κ2) is 4.86. The fourth-order valence-electron chi connectivity index (χ4n) is 2.83. The van der Waals surface area contributed by atoms with E-state index in [1.54, 1.807) is 6.92 Å². The highest BCUT2D eigenvalue weighted by Crippen LogP contribution is 2.55. The first-order valence-corrected chi connectivity index (χ1v) is 6.42. The number of hydrogen-bond donors (Lipinski definition) is 0. The molecule has 2 fully saturated rings. The number of epoxide rings is 1. The zero-order valence-electron chi connectivity index (χ0n) is 11.4. The van der Waals surface area contributed by atoms with Crippen molar-refractivity contribution in [2.24, 2.45) is 0 Å². The van der Waals surface area contributed by atoms with Crippen LogP contribution in [0.1, 0.15) is 39.5 Å². The summed E-state index contributed by atoms with van der Waals surface area (Å²) in [6, 6.07) is 0. The van der Waals surface area contributed by atoms with Gasteiger partial charge in [-0.15, -0.1) is 0 Å². The van der Waals surface area contributed by atoms with Gasteiger partial charge in [-0.1, -0.05) is 12.8 Å². The molecule has 5 heteroatoms. The number of ether oxygens (including phenoxy) is 3. The maximum Gasteiger partial charge on any atom is 0.384 e. The molecule has 19 heavy (non-hydrogen) atoms. The molecule has 1 aliphatic carbocycles. The topological polar surface area (TPSA) is 65.1 Å². The highest BCUT2D eigenvalue weighted by atomic mass is 16.7. The SMILES string of the molecule is COC(=O)C#C[C@@](C)(OC(C)=O)[C@]12CCCC[C@H]1O2. The van der Waals surface area contributed by atoms with E-state index in [9.17, 15) is 9.59 Å². The van der Waals surface area contributed by atoms with E-state index in [-0.39, 0.29) is 6.10 Å². The van der Waals surface area contributed by atoms with Gasteiger partial charge in [-0.3, -0.25) is 4.79 Å². The van der Waals surface area contributed by atoms with Crippen molar-refractivity contribution < 1.29 is 23.8 Å². The van der Waals surface area contributed by atoms with E-state index in [1.165, 1.54) is 14.0 Å². The molecule has 0 unspecified atom stereocenters. The van der Waals surface area contributed by atoms with Gasteiger partial charge in [-0.05, 0) is 25.7 Å². The third-order valence-corrected chi connectivity index (χ3v) is 3.82. The van der Waals surface area contributed by atoms with Crippen molar-refractivity contribution in [1.29, 1.82) is 0 Å². The van der Waals surface area contributed by atoms with E-state index in [0.717, 1.165) is 25.7 Å². The highest BCUT2D eigenvalue weighted by Gasteiger charge is 2.69. The average Bonchev–Trinajstić information content (AvgIpc) is 3.11. The molecule has 0 spiro atoms. The molecule has 2 rings (SSSR count). The van der Waals surface area contributed by atoms with E-state index in [1.807, 2.05) is 0 Å². The lowest BCUT2D eigenvalue weighted by atomic mass is 9.77. The second-order valence-corrected chi connectivity index (χ2v) is 5.11. The minimum atomic E-state index is -1.10. The van der Waals surface area contributed by atoms with E-state index in [4.69, 9.17) is 9.47 Å². The van der Waals surface area contributed by atoms with Crippen LogP contribution in [0.3, 0.4) is 0 Å². The van der Waals surface area contributed by atoms with Crippen molar-refractivity contribution in [3.05, 3.63) is 0 Å². The summed E-state index contributed by atoms with van der Waals surface area (Å²) in [6.07, 6.45) is 3.91. The summed E-state index contributed by atoms with van der Waals surface area (Å²) in [5.41, 5.74) is -1.66. The first-order chi connectivity index (χ1) is 8.93. The molecule has 0 aromatic rings. The van der Waals surface area contributed by atoms with Gasteiger partial charge in [0.1, 0.15) is 5.60 Å². The molecule has 0 radical (unpaired) electrons. The van der Waals surface area contributed by atoms with Crippen LogP contribution in [-0.4, -0.2) is 36.4 Å². The Morgan fingerprint density at radius 2 is 2.16 bits per heavy atom. The lowest BCUT2D eigenvalue weighted by Crippen LogP contribution is -2.48. The van der Waals surface area contributed by atoms with E-state index < -0.39 is 23.1 Å². The molecule has 1 saturated heterocycles. The first-order valence-electron chi connectivity index (χ1n) is 6.42. The Hall–Kier alpha value is -1.54.